The number of rotatable bonds is 9. The molecular formula is C23H33O4PS. The molecule has 0 spiro atoms. The summed E-state index contributed by atoms with van der Waals surface area (Å²) in [6.45, 7) is 3.51. The van der Waals surface area contributed by atoms with Crippen molar-refractivity contribution in [2.45, 2.75) is 69.0 Å². The fourth-order valence-corrected chi connectivity index (χ4v) is 6.54. The van der Waals surface area contributed by atoms with Crippen LogP contribution < -0.4 is 5.30 Å². The number of ketones is 1. The molecule has 2 aliphatic rings. The maximum Gasteiger partial charge on any atom is 0.226 e. The number of carbonyl (C=O) groups excluding carboxylic acids is 1. The standard InChI is InChI=1S/C23H33O4PS/c1-3-23(14-5-15-23)21(25)7-4-6-18-10-13-20(24)22(18)29-16-17-8-11-19(12-9-17)28(2,26)27/h4,6,8-9,11-12,18,21-22,25H,3,5,7,10,13-16H2,1-2H3,(H,26,27)/b6-4+/t18-,21?,22+/m0/s1. The lowest BCUT2D eigenvalue weighted by Gasteiger charge is -2.45. The van der Waals surface area contributed by atoms with Crippen LogP contribution in [0, 0.1) is 11.3 Å². The van der Waals surface area contributed by atoms with Crippen LogP contribution in [-0.4, -0.2) is 33.8 Å². The highest BCUT2D eigenvalue weighted by Crippen LogP contribution is 2.47. The number of aliphatic hydroxyl groups excluding tert-OH is 1. The molecule has 6 heteroatoms. The Morgan fingerprint density at radius 2 is 2.00 bits per heavy atom. The Balaban J connectivity index is 1.54. The van der Waals surface area contributed by atoms with Crippen molar-refractivity contribution in [3.63, 3.8) is 0 Å². The molecular weight excluding hydrogens is 403 g/mol. The largest absolute Gasteiger partial charge is 0.392 e. The van der Waals surface area contributed by atoms with E-state index < -0.39 is 7.37 Å². The average Bonchev–Trinajstić information content (AvgIpc) is 2.99. The number of aliphatic hydroxyl groups is 1. The summed E-state index contributed by atoms with van der Waals surface area (Å²) < 4.78 is 11.7. The van der Waals surface area contributed by atoms with Crippen LogP contribution in [0.25, 0.3) is 0 Å². The van der Waals surface area contributed by atoms with E-state index in [9.17, 15) is 19.4 Å². The predicted molar refractivity (Wildman–Crippen MR) is 121 cm³/mol. The minimum absolute atomic E-state index is 0.0398. The molecule has 0 amide bonds. The van der Waals surface area contributed by atoms with E-state index in [1.807, 2.05) is 12.1 Å². The van der Waals surface area contributed by atoms with Crippen molar-refractivity contribution in [1.82, 2.24) is 0 Å². The number of benzene rings is 1. The maximum absolute atomic E-state index is 12.4. The number of carbonyl (C=O) groups is 1. The smallest absolute Gasteiger partial charge is 0.226 e. The van der Waals surface area contributed by atoms with Gasteiger partial charge in [-0.15, -0.1) is 11.8 Å². The second kappa shape index (κ2) is 9.51. The minimum atomic E-state index is -3.22. The molecule has 2 unspecified atom stereocenters. The Morgan fingerprint density at radius 3 is 2.55 bits per heavy atom. The first kappa shape index (κ1) is 22.8. The molecule has 0 aliphatic heterocycles. The molecule has 0 heterocycles. The van der Waals surface area contributed by atoms with Gasteiger partial charge in [0.05, 0.1) is 11.4 Å². The fraction of sp³-hybridized carbons (Fsp3) is 0.609. The van der Waals surface area contributed by atoms with Gasteiger partial charge in [0, 0.05) is 24.1 Å². The summed E-state index contributed by atoms with van der Waals surface area (Å²) in [6.07, 6.45) is 10.6. The molecule has 160 valence electrons. The van der Waals surface area contributed by atoms with Crippen molar-refractivity contribution < 1.29 is 19.4 Å². The summed E-state index contributed by atoms with van der Waals surface area (Å²) >= 11 is 1.66. The van der Waals surface area contributed by atoms with Gasteiger partial charge in [-0.1, -0.05) is 37.6 Å². The molecule has 2 aliphatic carbocycles. The zero-order chi connectivity index (χ0) is 21.1. The first-order valence-electron chi connectivity index (χ1n) is 10.6. The molecule has 3 rings (SSSR count). The van der Waals surface area contributed by atoms with Gasteiger partial charge in [0.25, 0.3) is 0 Å². The van der Waals surface area contributed by atoms with Crippen LogP contribution in [0.3, 0.4) is 0 Å². The van der Waals surface area contributed by atoms with Crippen molar-refractivity contribution in [3.8, 4) is 0 Å². The van der Waals surface area contributed by atoms with E-state index in [-0.39, 0.29) is 22.7 Å². The Bertz CT molecular complexity index is 773. The van der Waals surface area contributed by atoms with Crippen molar-refractivity contribution >= 4 is 30.2 Å². The molecule has 2 N–H and O–H groups in total. The summed E-state index contributed by atoms with van der Waals surface area (Å²) in [6, 6.07) is 7.15. The van der Waals surface area contributed by atoms with Gasteiger partial charge in [0.15, 0.2) is 0 Å². The molecule has 0 radical (unpaired) electrons. The van der Waals surface area contributed by atoms with Crippen LogP contribution in [-0.2, 0) is 15.1 Å². The Morgan fingerprint density at radius 1 is 1.31 bits per heavy atom. The first-order chi connectivity index (χ1) is 13.7. The maximum atomic E-state index is 12.4. The van der Waals surface area contributed by atoms with E-state index in [1.165, 1.54) is 13.1 Å². The second-order valence-corrected chi connectivity index (χ2v) is 12.1. The third-order valence-electron chi connectivity index (χ3n) is 6.78. The third-order valence-corrected chi connectivity index (χ3v) is 9.51. The highest BCUT2D eigenvalue weighted by molar-refractivity contribution is 7.99. The van der Waals surface area contributed by atoms with E-state index in [1.54, 1.807) is 23.9 Å². The molecule has 0 bridgehead atoms. The molecule has 4 nitrogen and oxygen atoms in total. The van der Waals surface area contributed by atoms with E-state index in [0.717, 1.165) is 31.2 Å². The zero-order valence-corrected chi connectivity index (χ0v) is 19.1. The number of thioether (sulfide) groups is 1. The van der Waals surface area contributed by atoms with Gasteiger partial charge in [0.1, 0.15) is 5.78 Å². The monoisotopic (exact) mass is 436 g/mol. The quantitative estimate of drug-likeness (QED) is 0.434. The van der Waals surface area contributed by atoms with Gasteiger partial charge in [-0.3, -0.25) is 9.36 Å². The predicted octanol–water partition coefficient (Wildman–Crippen LogP) is 4.68. The lowest BCUT2D eigenvalue weighted by Crippen LogP contribution is -2.40. The number of hydrogen-bond donors (Lipinski definition) is 2. The molecule has 1 aromatic carbocycles. The summed E-state index contributed by atoms with van der Waals surface area (Å²) in [5, 5.41) is 11.0. The number of hydrogen-bond acceptors (Lipinski definition) is 4. The van der Waals surface area contributed by atoms with Gasteiger partial charge < -0.3 is 10.00 Å². The number of allylic oxidation sites excluding steroid dienone is 1. The van der Waals surface area contributed by atoms with Crippen molar-refractivity contribution in [1.29, 1.82) is 0 Å². The van der Waals surface area contributed by atoms with Crippen LogP contribution in [0.1, 0.15) is 57.4 Å². The van der Waals surface area contributed by atoms with E-state index in [2.05, 4.69) is 19.1 Å². The molecule has 0 saturated heterocycles. The second-order valence-electron chi connectivity index (χ2n) is 8.70. The van der Waals surface area contributed by atoms with Gasteiger partial charge in [-0.05, 0) is 61.1 Å². The molecule has 1 aromatic rings. The van der Waals surface area contributed by atoms with E-state index in [0.29, 0.717) is 29.7 Å². The molecule has 4 atom stereocenters. The molecule has 29 heavy (non-hydrogen) atoms. The van der Waals surface area contributed by atoms with Gasteiger partial charge >= 0.3 is 0 Å². The van der Waals surface area contributed by atoms with Crippen LogP contribution in [0.2, 0.25) is 0 Å². The molecule has 2 fully saturated rings. The summed E-state index contributed by atoms with van der Waals surface area (Å²) in [4.78, 5) is 22.0. The minimum Gasteiger partial charge on any atom is -0.392 e. The average molecular weight is 437 g/mol. The van der Waals surface area contributed by atoms with Gasteiger partial charge in [-0.2, -0.15) is 0 Å². The third kappa shape index (κ3) is 5.44. The van der Waals surface area contributed by atoms with Crippen molar-refractivity contribution in [2.24, 2.45) is 11.3 Å². The van der Waals surface area contributed by atoms with Crippen LogP contribution in [0.15, 0.2) is 36.4 Å². The Hall–Kier alpha value is -0.870. The van der Waals surface area contributed by atoms with E-state index in [4.69, 9.17) is 0 Å². The Labute approximate surface area is 178 Å². The fourth-order valence-electron chi connectivity index (χ4n) is 4.50. The van der Waals surface area contributed by atoms with Gasteiger partial charge in [-0.25, -0.2) is 0 Å². The van der Waals surface area contributed by atoms with Crippen molar-refractivity contribution in [2.75, 3.05) is 6.66 Å². The van der Waals surface area contributed by atoms with E-state index >= 15 is 0 Å². The van der Waals surface area contributed by atoms with Gasteiger partial charge in [0.2, 0.25) is 7.37 Å². The molecule has 0 aromatic heterocycles. The SMILES string of the molecule is CCC1(C(O)C/C=C/[C@H]2CCC(=O)[C@@H]2SCc2ccc(P(C)(=O)O)cc2)CCC1. The topological polar surface area (TPSA) is 74.6 Å². The lowest BCUT2D eigenvalue weighted by atomic mass is 9.63. The van der Waals surface area contributed by atoms with Crippen LogP contribution in [0.5, 0.6) is 0 Å². The summed E-state index contributed by atoms with van der Waals surface area (Å²) in [5.41, 5.74) is 1.17. The van der Waals surface area contributed by atoms with Crippen LogP contribution in [0.4, 0.5) is 0 Å². The molecule has 2 saturated carbocycles. The highest BCUT2D eigenvalue weighted by Gasteiger charge is 2.41. The normalized spacial score (nSPS) is 27.0. The van der Waals surface area contributed by atoms with Crippen molar-refractivity contribution in [3.05, 3.63) is 42.0 Å². The first-order valence-corrected chi connectivity index (χ1v) is 13.8. The number of Topliss-reactive ketones (excluding diaryl/α,β-unsaturated/α-hetero) is 1. The Kier molecular flexibility index (Phi) is 7.48. The zero-order valence-electron chi connectivity index (χ0n) is 17.4. The summed E-state index contributed by atoms with van der Waals surface area (Å²) in [7, 11) is -3.22. The van der Waals surface area contributed by atoms with Crippen LogP contribution >= 0.6 is 19.1 Å². The highest BCUT2D eigenvalue weighted by atomic mass is 32.2. The lowest BCUT2D eigenvalue weighted by molar-refractivity contribution is -0.117. The summed E-state index contributed by atoms with van der Waals surface area (Å²) in [5.74, 6) is 1.24.